The molecular weight excluding hydrogens is 355 g/mol. The summed E-state index contributed by atoms with van der Waals surface area (Å²) in [5.41, 5.74) is 2.04. The monoisotopic (exact) mass is 378 g/mol. The van der Waals surface area contributed by atoms with Gasteiger partial charge in [0.05, 0.1) is 12.3 Å². The molecule has 2 rings (SSSR count). The number of rotatable bonds is 8. The lowest BCUT2D eigenvalue weighted by molar-refractivity contribution is -0.116. The zero-order valence-corrected chi connectivity index (χ0v) is 15.7. The van der Waals surface area contributed by atoms with E-state index in [1.54, 1.807) is 12.1 Å². The van der Waals surface area contributed by atoms with Gasteiger partial charge in [-0.3, -0.25) is 4.79 Å². The summed E-state index contributed by atoms with van der Waals surface area (Å²) in [6, 6.07) is 12.6. The van der Waals surface area contributed by atoms with Crippen molar-refractivity contribution < 1.29 is 17.6 Å². The molecule has 5 nitrogen and oxygen atoms in total. The van der Waals surface area contributed by atoms with Crippen LogP contribution in [0.25, 0.3) is 0 Å². The van der Waals surface area contributed by atoms with Crippen LogP contribution in [-0.2, 0) is 20.6 Å². The average Bonchev–Trinajstić information content (AvgIpc) is 2.58. The highest BCUT2D eigenvalue weighted by Gasteiger charge is 2.24. The molecule has 0 aromatic heterocycles. The molecule has 0 radical (unpaired) electrons. The SMILES string of the molecule is CCCN(CC(=O)Nc1ccccc1C)S(=O)(=O)Cc1ccc(F)cc1. The lowest BCUT2D eigenvalue weighted by Crippen LogP contribution is -2.39. The minimum atomic E-state index is -3.70. The molecule has 0 atom stereocenters. The predicted octanol–water partition coefficient (Wildman–Crippen LogP) is 3.31. The van der Waals surface area contributed by atoms with Crippen LogP contribution >= 0.6 is 0 Å². The molecule has 7 heteroatoms. The first-order valence-corrected chi connectivity index (χ1v) is 10.0. The highest BCUT2D eigenvalue weighted by atomic mass is 32.2. The molecule has 0 spiro atoms. The number of carbonyl (C=O) groups excluding carboxylic acids is 1. The van der Waals surface area contributed by atoms with Crippen molar-refractivity contribution in [1.82, 2.24) is 4.31 Å². The summed E-state index contributed by atoms with van der Waals surface area (Å²) in [5.74, 6) is -1.09. The number of hydrogen-bond acceptors (Lipinski definition) is 3. The van der Waals surface area contributed by atoms with E-state index in [1.807, 2.05) is 26.0 Å². The molecule has 26 heavy (non-hydrogen) atoms. The van der Waals surface area contributed by atoms with E-state index in [4.69, 9.17) is 0 Å². The van der Waals surface area contributed by atoms with Gasteiger partial charge in [0.1, 0.15) is 5.82 Å². The van der Waals surface area contributed by atoms with Gasteiger partial charge in [-0.1, -0.05) is 37.3 Å². The predicted molar refractivity (Wildman–Crippen MR) is 101 cm³/mol. The molecule has 140 valence electrons. The van der Waals surface area contributed by atoms with Crippen LogP contribution in [0.5, 0.6) is 0 Å². The number of amides is 1. The Balaban J connectivity index is 2.09. The van der Waals surface area contributed by atoms with Gasteiger partial charge in [-0.25, -0.2) is 12.8 Å². The van der Waals surface area contributed by atoms with Crippen LogP contribution in [0.3, 0.4) is 0 Å². The molecule has 0 bridgehead atoms. The van der Waals surface area contributed by atoms with Gasteiger partial charge < -0.3 is 5.32 Å². The quantitative estimate of drug-likeness (QED) is 0.766. The first kappa shape index (κ1) is 20.1. The van der Waals surface area contributed by atoms with E-state index in [-0.39, 0.29) is 18.8 Å². The Labute approximate surface area is 153 Å². The highest BCUT2D eigenvalue weighted by Crippen LogP contribution is 2.15. The Morgan fingerprint density at radius 3 is 2.38 bits per heavy atom. The van der Waals surface area contributed by atoms with Gasteiger partial charge in [-0.05, 0) is 42.7 Å². The molecule has 0 fully saturated rings. The molecule has 0 unspecified atom stereocenters. The summed E-state index contributed by atoms with van der Waals surface area (Å²) in [6.45, 7) is 3.70. The third-order valence-corrected chi connectivity index (χ3v) is 5.66. The molecular formula is C19H23FN2O3S. The number of benzene rings is 2. The van der Waals surface area contributed by atoms with Crippen molar-refractivity contribution in [2.45, 2.75) is 26.0 Å². The van der Waals surface area contributed by atoms with E-state index >= 15 is 0 Å². The van der Waals surface area contributed by atoms with Gasteiger partial charge in [-0.15, -0.1) is 0 Å². The van der Waals surface area contributed by atoms with Gasteiger partial charge in [0.15, 0.2) is 0 Å². The normalized spacial score (nSPS) is 11.5. The number of nitrogens with zero attached hydrogens (tertiary/aromatic N) is 1. The van der Waals surface area contributed by atoms with Gasteiger partial charge in [0.25, 0.3) is 0 Å². The maximum absolute atomic E-state index is 13.0. The van der Waals surface area contributed by atoms with Crippen LogP contribution < -0.4 is 5.32 Å². The van der Waals surface area contributed by atoms with Crippen molar-refractivity contribution in [2.75, 3.05) is 18.4 Å². The molecule has 0 heterocycles. The molecule has 1 amide bonds. The summed E-state index contributed by atoms with van der Waals surface area (Å²) in [4.78, 5) is 12.3. The van der Waals surface area contributed by atoms with Crippen molar-refractivity contribution >= 4 is 21.6 Å². The van der Waals surface area contributed by atoms with Gasteiger partial charge >= 0.3 is 0 Å². The number of anilines is 1. The lowest BCUT2D eigenvalue weighted by Gasteiger charge is -2.21. The van der Waals surface area contributed by atoms with E-state index in [2.05, 4.69) is 5.32 Å². The van der Waals surface area contributed by atoms with Gasteiger partial charge in [-0.2, -0.15) is 4.31 Å². The third kappa shape index (κ3) is 5.64. The number of aryl methyl sites for hydroxylation is 1. The van der Waals surface area contributed by atoms with Crippen molar-refractivity contribution in [3.8, 4) is 0 Å². The first-order valence-electron chi connectivity index (χ1n) is 8.39. The Kier molecular flexibility index (Phi) is 6.88. The second kappa shape index (κ2) is 8.91. The molecule has 0 aliphatic heterocycles. The number of halogens is 1. The third-order valence-electron chi connectivity index (χ3n) is 3.87. The van der Waals surface area contributed by atoms with Crippen LogP contribution in [0.15, 0.2) is 48.5 Å². The molecule has 2 aromatic carbocycles. The van der Waals surface area contributed by atoms with Gasteiger partial charge in [0, 0.05) is 12.2 Å². The molecule has 2 aromatic rings. The van der Waals surface area contributed by atoms with Crippen LogP contribution in [0, 0.1) is 12.7 Å². The fourth-order valence-electron chi connectivity index (χ4n) is 2.51. The number of carbonyl (C=O) groups is 1. The molecule has 1 N–H and O–H groups in total. The fourth-order valence-corrected chi connectivity index (χ4v) is 4.08. The number of para-hydroxylation sites is 1. The first-order chi connectivity index (χ1) is 12.3. The topological polar surface area (TPSA) is 66.5 Å². The minimum absolute atomic E-state index is 0.241. The van der Waals surface area contributed by atoms with Gasteiger partial charge in [0.2, 0.25) is 15.9 Å². The van der Waals surface area contributed by atoms with Crippen LogP contribution in [0.2, 0.25) is 0 Å². The zero-order valence-electron chi connectivity index (χ0n) is 14.9. The second-order valence-electron chi connectivity index (χ2n) is 6.08. The molecule has 0 aliphatic carbocycles. The number of sulfonamides is 1. The Morgan fingerprint density at radius 2 is 1.77 bits per heavy atom. The smallest absolute Gasteiger partial charge is 0.239 e. The van der Waals surface area contributed by atoms with E-state index in [9.17, 15) is 17.6 Å². The Bertz CT molecular complexity index is 851. The van der Waals surface area contributed by atoms with Crippen molar-refractivity contribution in [2.24, 2.45) is 0 Å². The summed E-state index contributed by atoms with van der Waals surface area (Å²) in [6.07, 6.45) is 0.584. The Hall–Kier alpha value is -2.25. The van der Waals surface area contributed by atoms with Crippen molar-refractivity contribution in [3.63, 3.8) is 0 Å². The highest BCUT2D eigenvalue weighted by molar-refractivity contribution is 7.88. The minimum Gasteiger partial charge on any atom is -0.325 e. The maximum Gasteiger partial charge on any atom is 0.239 e. The van der Waals surface area contributed by atoms with E-state index in [1.165, 1.54) is 28.6 Å². The maximum atomic E-state index is 13.0. The molecule has 0 saturated carbocycles. The van der Waals surface area contributed by atoms with Crippen LogP contribution in [0.4, 0.5) is 10.1 Å². The van der Waals surface area contributed by atoms with Crippen molar-refractivity contribution in [1.29, 1.82) is 0 Å². The number of nitrogens with one attached hydrogen (secondary N) is 1. The number of hydrogen-bond donors (Lipinski definition) is 1. The van der Waals surface area contributed by atoms with E-state index in [0.717, 1.165) is 5.56 Å². The van der Waals surface area contributed by atoms with Crippen LogP contribution in [0.1, 0.15) is 24.5 Å². The van der Waals surface area contributed by atoms with E-state index in [0.29, 0.717) is 17.7 Å². The largest absolute Gasteiger partial charge is 0.325 e. The summed E-state index contributed by atoms with van der Waals surface area (Å²) >= 11 is 0. The van der Waals surface area contributed by atoms with E-state index < -0.39 is 21.7 Å². The van der Waals surface area contributed by atoms with Crippen LogP contribution in [-0.4, -0.2) is 31.7 Å². The summed E-state index contributed by atoms with van der Waals surface area (Å²) in [7, 11) is -3.70. The fraction of sp³-hybridized carbons (Fsp3) is 0.316. The summed E-state index contributed by atoms with van der Waals surface area (Å²) in [5, 5.41) is 2.75. The molecule has 0 saturated heterocycles. The zero-order chi connectivity index (χ0) is 19.2. The molecule has 0 aliphatic rings. The Morgan fingerprint density at radius 1 is 1.12 bits per heavy atom. The second-order valence-corrected chi connectivity index (χ2v) is 8.05. The summed E-state index contributed by atoms with van der Waals surface area (Å²) < 4.78 is 39.5. The standard InChI is InChI=1S/C19H23FN2O3S/c1-3-12-22(13-19(23)21-18-7-5-4-6-15(18)2)26(24,25)14-16-8-10-17(20)11-9-16/h4-11H,3,12-14H2,1-2H3,(H,21,23). The average molecular weight is 378 g/mol. The van der Waals surface area contributed by atoms with Crippen molar-refractivity contribution in [3.05, 3.63) is 65.5 Å². The lowest BCUT2D eigenvalue weighted by atomic mass is 10.2.